The summed E-state index contributed by atoms with van der Waals surface area (Å²) in [7, 11) is 0. The summed E-state index contributed by atoms with van der Waals surface area (Å²) in [5, 5.41) is 15.8. The van der Waals surface area contributed by atoms with E-state index in [0.717, 1.165) is 0 Å². The highest BCUT2D eigenvalue weighted by atomic mass is 16.6. The van der Waals surface area contributed by atoms with E-state index in [0.29, 0.717) is 5.69 Å². The minimum absolute atomic E-state index is 0.0569. The molecule has 0 bridgehead atoms. The number of nitro groups is 1. The van der Waals surface area contributed by atoms with Crippen LogP contribution >= 0.6 is 0 Å². The van der Waals surface area contributed by atoms with Crippen LogP contribution in [0.2, 0.25) is 0 Å². The Labute approximate surface area is 99.2 Å². The lowest BCUT2D eigenvalue weighted by molar-refractivity contribution is -0.384. The van der Waals surface area contributed by atoms with Crippen LogP contribution in [0.15, 0.2) is 24.3 Å². The number of carbonyl (C=O) groups excluding carboxylic acids is 1. The van der Waals surface area contributed by atoms with Gasteiger partial charge in [0.1, 0.15) is 0 Å². The van der Waals surface area contributed by atoms with Crippen LogP contribution in [-0.4, -0.2) is 16.5 Å². The van der Waals surface area contributed by atoms with Crippen molar-refractivity contribution in [2.24, 2.45) is 0 Å². The zero-order valence-electron chi connectivity index (χ0n) is 9.98. The van der Waals surface area contributed by atoms with Crippen molar-refractivity contribution in [3.8, 4) is 0 Å². The lowest BCUT2D eigenvalue weighted by Crippen LogP contribution is -2.43. The Morgan fingerprint density at radius 1 is 1.35 bits per heavy atom. The Kier molecular flexibility index (Phi) is 3.67. The van der Waals surface area contributed by atoms with E-state index in [1.165, 1.54) is 18.2 Å². The van der Waals surface area contributed by atoms with Crippen molar-refractivity contribution in [3.63, 3.8) is 0 Å². The average molecular weight is 237 g/mol. The molecule has 1 aromatic rings. The van der Waals surface area contributed by atoms with Gasteiger partial charge in [0.05, 0.1) is 4.92 Å². The molecule has 2 N–H and O–H groups in total. The Balaban J connectivity index is 2.72. The number of anilines is 1. The highest BCUT2D eigenvalue weighted by molar-refractivity contribution is 5.90. The second kappa shape index (κ2) is 4.82. The van der Waals surface area contributed by atoms with Crippen LogP contribution in [0.3, 0.4) is 0 Å². The van der Waals surface area contributed by atoms with E-state index in [1.807, 2.05) is 20.8 Å². The fourth-order valence-corrected chi connectivity index (χ4v) is 1.20. The summed E-state index contributed by atoms with van der Waals surface area (Å²) in [5.41, 5.74) is -0.0235. The third-order valence-electron chi connectivity index (χ3n) is 1.80. The number of urea groups is 1. The number of benzene rings is 1. The van der Waals surface area contributed by atoms with Crippen LogP contribution in [0.4, 0.5) is 16.2 Å². The number of hydrogen-bond donors (Lipinski definition) is 2. The van der Waals surface area contributed by atoms with Gasteiger partial charge in [0, 0.05) is 23.4 Å². The van der Waals surface area contributed by atoms with Gasteiger partial charge in [-0.05, 0) is 26.8 Å². The standard InChI is InChI=1S/C11H15N3O3/c1-11(2,3)13-10(15)12-8-5-4-6-9(7-8)14(16)17/h4-7H,1-3H3,(H2,12,13,15). The van der Waals surface area contributed by atoms with E-state index >= 15 is 0 Å². The maximum atomic E-state index is 11.5. The van der Waals surface area contributed by atoms with Gasteiger partial charge in [0.2, 0.25) is 0 Å². The number of non-ortho nitro benzene ring substituents is 1. The van der Waals surface area contributed by atoms with Crippen LogP contribution in [-0.2, 0) is 0 Å². The Morgan fingerprint density at radius 3 is 2.53 bits per heavy atom. The predicted molar refractivity (Wildman–Crippen MR) is 65.0 cm³/mol. The maximum absolute atomic E-state index is 11.5. The molecule has 0 radical (unpaired) electrons. The Hall–Kier alpha value is -2.11. The van der Waals surface area contributed by atoms with Gasteiger partial charge in [-0.15, -0.1) is 0 Å². The summed E-state index contributed by atoms with van der Waals surface area (Å²) < 4.78 is 0. The van der Waals surface area contributed by atoms with Crippen LogP contribution in [0.5, 0.6) is 0 Å². The molecular formula is C11H15N3O3. The quantitative estimate of drug-likeness (QED) is 0.612. The summed E-state index contributed by atoms with van der Waals surface area (Å²) in [6.45, 7) is 5.54. The molecule has 2 amide bonds. The molecule has 1 aromatic carbocycles. The lowest BCUT2D eigenvalue weighted by Gasteiger charge is -2.20. The highest BCUT2D eigenvalue weighted by Crippen LogP contribution is 2.16. The zero-order valence-corrected chi connectivity index (χ0v) is 9.98. The molecule has 0 atom stereocenters. The van der Waals surface area contributed by atoms with Crippen LogP contribution in [0, 0.1) is 10.1 Å². The maximum Gasteiger partial charge on any atom is 0.319 e. The molecule has 1 rings (SSSR count). The minimum Gasteiger partial charge on any atom is -0.333 e. The fourth-order valence-electron chi connectivity index (χ4n) is 1.20. The molecule has 0 aromatic heterocycles. The molecule has 0 aliphatic carbocycles. The van der Waals surface area contributed by atoms with Gasteiger partial charge in [-0.3, -0.25) is 10.1 Å². The predicted octanol–water partition coefficient (Wildman–Crippen LogP) is 2.51. The van der Waals surface area contributed by atoms with Crippen molar-refractivity contribution in [1.82, 2.24) is 5.32 Å². The number of nitrogens with zero attached hydrogens (tertiary/aromatic N) is 1. The van der Waals surface area contributed by atoms with Crippen LogP contribution in [0.1, 0.15) is 20.8 Å². The van der Waals surface area contributed by atoms with Gasteiger partial charge in [0.15, 0.2) is 0 Å². The zero-order chi connectivity index (χ0) is 13.1. The summed E-state index contributed by atoms with van der Waals surface area (Å²) in [6.07, 6.45) is 0. The second-order valence-electron chi connectivity index (χ2n) is 4.64. The summed E-state index contributed by atoms with van der Waals surface area (Å²) in [6, 6.07) is 5.40. The minimum atomic E-state index is -0.507. The lowest BCUT2D eigenvalue weighted by atomic mass is 10.1. The van der Waals surface area contributed by atoms with Gasteiger partial charge in [-0.2, -0.15) is 0 Å². The van der Waals surface area contributed by atoms with E-state index in [1.54, 1.807) is 6.07 Å². The number of hydrogen-bond acceptors (Lipinski definition) is 3. The van der Waals surface area contributed by atoms with Crippen molar-refractivity contribution in [1.29, 1.82) is 0 Å². The topological polar surface area (TPSA) is 84.3 Å². The van der Waals surface area contributed by atoms with Gasteiger partial charge in [-0.25, -0.2) is 4.79 Å². The van der Waals surface area contributed by atoms with E-state index in [9.17, 15) is 14.9 Å². The third-order valence-corrected chi connectivity index (χ3v) is 1.80. The smallest absolute Gasteiger partial charge is 0.319 e. The van der Waals surface area contributed by atoms with Crippen LogP contribution < -0.4 is 10.6 Å². The largest absolute Gasteiger partial charge is 0.333 e. The van der Waals surface area contributed by atoms with Crippen molar-refractivity contribution < 1.29 is 9.72 Å². The third kappa shape index (κ3) is 4.50. The number of amides is 2. The monoisotopic (exact) mass is 237 g/mol. The van der Waals surface area contributed by atoms with Gasteiger partial charge in [0.25, 0.3) is 5.69 Å². The van der Waals surface area contributed by atoms with Gasteiger partial charge in [-0.1, -0.05) is 6.07 Å². The van der Waals surface area contributed by atoms with Crippen LogP contribution in [0.25, 0.3) is 0 Å². The molecule has 17 heavy (non-hydrogen) atoms. The molecule has 0 aliphatic heterocycles. The van der Waals surface area contributed by atoms with Gasteiger partial charge >= 0.3 is 6.03 Å². The first-order chi connectivity index (χ1) is 7.78. The Morgan fingerprint density at radius 2 is 2.00 bits per heavy atom. The first kappa shape index (κ1) is 13.0. The molecule has 92 valence electrons. The van der Waals surface area contributed by atoms with Gasteiger partial charge < -0.3 is 10.6 Å². The van der Waals surface area contributed by atoms with Crippen molar-refractivity contribution in [3.05, 3.63) is 34.4 Å². The molecule has 0 heterocycles. The number of rotatable bonds is 2. The number of nitrogens with one attached hydrogen (secondary N) is 2. The van der Waals surface area contributed by atoms with E-state index in [4.69, 9.17) is 0 Å². The summed E-state index contributed by atoms with van der Waals surface area (Å²) in [4.78, 5) is 21.6. The first-order valence-electron chi connectivity index (χ1n) is 5.11. The van der Waals surface area contributed by atoms with E-state index in [2.05, 4.69) is 10.6 Å². The summed E-state index contributed by atoms with van der Waals surface area (Å²) >= 11 is 0. The molecule has 0 spiro atoms. The van der Waals surface area contributed by atoms with E-state index in [-0.39, 0.29) is 11.2 Å². The summed E-state index contributed by atoms with van der Waals surface area (Å²) in [5.74, 6) is 0. The number of nitro benzene ring substituents is 1. The fraction of sp³-hybridized carbons (Fsp3) is 0.364. The first-order valence-corrected chi connectivity index (χ1v) is 5.11. The number of carbonyl (C=O) groups is 1. The van der Waals surface area contributed by atoms with E-state index < -0.39 is 11.0 Å². The van der Waals surface area contributed by atoms with Crippen molar-refractivity contribution in [2.75, 3.05) is 5.32 Å². The second-order valence-corrected chi connectivity index (χ2v) is 4.64. The molecule has 0 saturated heterocycles. The molecule has 0 unspecified atom stereocenters. The highest BCUT2D eigenvalue weighted by Gasteiger charge is 2.14. The SMILES string of the molecule is CC(C)(C)NC(=O)Nc1cccc([N+](=O)[O-])c1. The normalized spacial score (nSPS) is 10.8. The van der Waals surface area contributed by atoms with Crippen molar-refractivity contribution >= 4 is 17.4 Å². The molecule has 6 heteroatoms. The Bertz CT molecular complexity index is 438. The molecular weight excluding hydrogens is 222 g/mol. The van der Waals surface area contributed by atoms with Crippen molar-refractivity contribution in [2.45, 2.75) is 26.3 Å². The molecule has 0 saturated carbocycles. The average Bonchev–Trinajstić information content (AvgIpc) is 2.14. The molecule has 0 fully saturated rings. The molecule has 0 aliphatic rings. The molecule has 6 nitrogen and oxygen atoms in total.